The Morgan fingerprint density at radius 1 is 1.05 bits per heavy atom. The summed E-state index contributed by atoms with van der Waals surface area (Å²) < 4.78 is 32.2. The van der Waals surface area contributed by atoms with Crippen LogP contribution in [0, 0.1) is 11.5 Å². The van der Waals surface area contributed by atoms with Crippen LogP contribution in [0.2, 0.25) is 5.02 Å². The van der Waals surface area contributed by atoms with Crippen molar-refractivity contribution in [3.63, 3.8) is 0 Å². The summed E-state index contributed by atoms with van der Waals surface area (Å²) in [4.78, 5) is 45.9. The number of hydrogen-bond donors (Lipinski definition) is 0. The molecule has 1 aromatic rings. The number of hydrogen-bond acceptors (Lipinski definition) is 8. The van der Waals surface area contributed by atoms with Crippen molar-refractivity contribution in [3.05, 3.63) is 29.3 Å². The molecule has 3 saturated heterocycles. The van der Waals surface area contributed by atoms with E-state index in [1.807, 2.05) is 6.19 Å². The molecule has 40 heavy (non-hydrogen) atoms. The Kier molecular flexibility index (Phi) is 8.27. The van der Waals surface area contributed by atoms with Gasteiger partial charge in [-0.3, -0.25) is 14.5 Å². The number of piperidine rings is 1. The van der Waals surface area contributed by atoms with E-state index in [9.17, 15) is 28.1 Å². The highest BCUT2D eigenvalue weighted by Crippen LogP contribution is 2.36. The molecule has 0 aromatic heterocycles. The first kappa shape index (κ1) is 28.6. The number of benzene rings is 1. The zero-order valence-electron chi connectivity index (χ0n) is 22.4. The number of nitrogens with zero attached hydrogens (tertiary/aromatic N) is 5. The zero-order valence-corrected chi connectivity index (χ0v) is 24.0. The molecule has 13 heteroatoms. The molecule has 3 atom stereocenters. The maximum Gasteiger partial charge on any atom is 0.409 e. The number of carbonyl (C=O) groups excluding carboxylic acids is 3. The van der Waals surface area contributed by atoms with Gasteiger partial charge in [-0.2, -0.15) is 5.26 Å². The largest absolute Gasteiger partial charge is 0.450 e. The van der Waals surface area contributed by atoms with Crippen molar-refractivity contribution in [2.24, 2.45) is 0 Å². The minimum Gasteiger partial charge on any atom is -0.450 e. The predicted octanol–water partition coefficient (Wildman–Crippen LogP) is 2.25. The molecular formula is C27H34ClN5O6S. The lowest BCUT2D eigenvalue weighted by Crippen LogP contribution is -2.63. The van der Waals surface area contributed by atoms with Crippen molar-refractivity contribution in [3.8, 4) is 6.19 Å². The Hall–Kier alpha value is -2.88. The fraction of sp³-hybridized carbons (Fsp3) is 0.630. The van der Waals surface area contributed by atoms with Crippen LogP contribution in [-0.2, 0) is 24.2 Å². The lowest BCUT2D eigenvalue weighted by atomic mass is 9.93. The second-order valence-corrected chi connectivity index (χ2v) is 13.5. The fourth-order valence-corrected chi connectivity index (χ4v) is 7.84. The average molecular weight is 592 g/mol. The van der Waals surface area contributed by atoms with Gasteiger partial charge in [0.2, 0.25) is 5.91 Å². The molecule has 5 rings (SSSR count). The van der Waals surface area contributed by atoms with Crippen LogP contribution < -0.4 is 0 Å². The summed E-state index contributed by atoms with van der Waals surface area (Å²) in [5.41, 5.74) is 0. The molecule has 216 valence electrons. The van der Waals surface area contributed by atoms with Gasteiger partial charge in [0, 0.05) is 43.3 Å². The van der Waals surface area contributed by atoms with E-state index in [-0.39, 0.29) is 41.9 Å². The molecule has 1 saturated carbocycles. The summed E-state index contributed by atoms with van der Waals surface area (Å²) in [6, 6.07) is 4.28. The van der Waals surface area contributed by atoms with Gasteiger partial charge in [-0.05, 0) is 69.7 Å². The topological polar surface area (TPSA) is 131 Å². The molecule has 0 bridgehead atoms. The van der Waals surface area contributed by atoms with Gasteiger partial charge in [0.05, 0.1) is 22.8 Å². The average Bonchev–Trinajstić information content (AvgIpc) is 3.64. The highest BCUT2D eigenvalue weighted by molar-refractivity contribution is 7.92. The number of halogens is 1. The molecule has 1 aliphatic carbocycles. The van der Waals surface area contributed by atoms with E-state index in [1.165, 1.54) is 29.2 Å². The molecule has 3 aliphatic heterocycles. The van der Waals surface area contributed by atoms with Crippen LogP contribution in [0.1, 0.15) is 45.4 Å². The van der Waals surface area contributed by atoms with Crippen molar-refractivity contribution in [1.29, 1.82) is 5.26 Å². The lowest BCUT2D eigenvalue weighted by molar-refractivity contribution is -0.150. The quantitative estimate of drug-likeness (QED) is 0.348. The van der Waals surface area contributed by atoms with Crippen molar-refractivity contribution in [1.82, 2.24) is 19.6 Å². The Morgan fingerprint density at radius 2 is 1.73 bits per heavy atom. The minimum atomic E-state index is -3.86. The first-order valence-electron chi connectivity index (χ1n) is 13.9. The zero-order chi connectivity index (χ0) is 28.6. The Bertz CT molecular complexity index is 1290. The number of rotatable bonds is 7. The molecule has 3 heterocycles. The standard InChI is InChI=1S/C27H34ClN5O6S/c1-2-39-27(36)30-12-9-20(10-13-30)31-14-11-23(31)25(34)32-16-22(40(37,38)21-7-3-18(28)4-8-21)15-24(32)26(35)33(17-29)19-5-6-19/h3-4,7-8,19-20,22-24H,2,5-6,9-16H2,1H3/t22-,23?,24+/m1/s1. The monoisotopic (exact) mass is 591 g/mol. The highest BCUT2D eigenvalue weighted by Gasteiger charge is 2.51. The Morgan fingerprint density at radius 3 is 2.27 bits per heavy atom. The Labute approximate surface area is 239 Å². The van der Waals surface area contributed by atoms with Crippen LogP contribution in [0.5, 0.6) is 0 Å². The molecule has 3 amide bonds. The Balaban J connectivity index is 1.33. The van der Waals surface area contributed by atoms with Gasteiger partial charge in [-0.15, -0.1) is 0 Å². The molecule has 1 aromatic carbocycles. The molecule has 0 N–H and O–H groups in total. The first-order valence-corrected chi connectivity index (χ1v) is 15.8. The van der Waals surface area contributed by atoms with E-state index < -0.39 is 33.1 Å². The third kappa shape index (κ3) is 5.51. The van der Waals surface area contributed by atoms with Gasteiger partial charge in [0.15, 0.2) is 16.0 Å². The third-order valence-corrected chi connectivity index (χ3v) is 10.9. The summed E-state index contributed by atoms with van der Waals surface area (Å²) in [6.07, 6.45) is 4.99. The summed E-state index contributed by atoms with van der Waals surface area (Å²) >= 11 is 5.95. The van der Waals surface area contributed by atoms with E-state index in [4.69, 9.17) is 16.3 Å². The van der Waals surface area contributed by atoms with Gasteiger partial charge in [0.25, 0.3) is 5.91 Å². The number of sulfone groups is 1. The summed E-state index contributed by atoms with van der Waals surface area (Å²) in [7, 11) is -3.86. The second kappa shape index (κ2) is 11.5. The number of likely N-dealkylation sites (tertiary alicyclic amines) is 3. The third-order valence-electron chi connectivity index (χ3n) is 8.47. The SMILES string of the molecule is CCOC(=O)N1CCC(N2CCC2C(=O)N2C[C@H](S(=O)(=O)c3ccc(Cl)cc3)C[C@H]2C(=O)N(C#N)C2CC2)CC1. The molecule has 1 unspecified atom stereocenters. The number of carbonyl (C=O) groups is 3. The van der Waals surface area contributed by atoms with E-state index >= 15 is 0 Å². The van der Waals surface area contributed by atoms with Crippen LogP contribution in [-0.4, -0.2) is 108 Å². The first-order chi connectivity index (χ1) is 19.1. The summed E-state index contributed by atoms with van der Waals surface area (Å²) in [5.74, 6) is -0.791. The fourth-order valence-electron chi connectivity index (χ4n) is 6.02. The summed E-state index contributed by atoms with van der Waals surface area (Å²) in [6.45, 7) is 3.75. The van der Waals surface area contributed by atoms with E-state index in [0.717, 1.165) is 4.90 Å². The second-order valence-electron chi connectivity index (χ2n) is 10.9. The molecule has 0 spiro atoms. The van der Waals surface area contributed by atoms with E-state index in [2.05, 4.69) is 4.90 Å². The van der Waals surface area contributed by atoms with Gasteiger partial charge in [-0.25, -0.2) is 18.1 Å². The van der Waals surface area contributed by atoms with Gasteiger partial charge in [-0.1, -0.05) is 11.6 Å². The molecule has 4 fully saturated rings. The normalized spacial score (nSPS) is 25.7. The van der Waals surface area contributed by atoms with Crippen LogP contribution >= 0.6 is 11.6 Å². The van der Waals surface area contributed by atoms with Gasteiger partial charge in [0.1, 0.15) is 6.04 Å². The van der Waals surface area contributed by atoms with Crippen molar-refractivity contribution in [2.45, 2.75) is 79.8 Å². The lowest BCUT2D eigenvalue weighted by Gasteiger charge is -2.48. The molecule has 11 nitrogen and oxygen atoms in total. The molecular weight excluding hydrogens is 558 g/mol. The van der Waals surface area contributed by atoms with Crippen LogP contribution in [0.25, 0.3) is 0 Å². The minimum absolute atomic E-state index is 0.0644. The predicted molar refractivity (Wildman–Crippen MR) is 145 cm³/mol. The van der Waals surface area contributed by atoms with Crippen LogP contribution in [0.15, 0.2) is 29.2 Å². The van der Waals surface area contributed by atoms with E-state index in [0.29, 0.717) is 63.4 Å². The number of nitriles is 1. The van der Waals surface area contributed by atoms with Crippen LogP contribution in [0.3, 0.4) is 0 Å². The number of amides is 3. The summed E-state index contributed by atoms with van der Waals surface area (Å²) in [5, 5.41) is 9.10. The van der Waals surface area contributed by atoms with Crippen molar-refractivity contribution >= 4 is 39.3 Å². The van der Waals surface area contributed by atoms with Crippen LogP contribution in [0.4, 0.5) is 4.79 Å². The van der Waals surface area contributed by atoms with Crippen molar-refractivity contribution < 1.29 is 27.5 Å². The smallest absolute Gasteiger partial charge is 0.409 e. The maximum absolute atomic E-state index is 13.9. The van der Waals surface area contributed by atoms with E-state index in [1.54, 1.807) is 11.8 Å². The number of ether oxygens (including phenoxy) is 1. The molecule has 4 aliphatic rings. The van der Waals surface area contributed by atoms with Gasteiger partial charge >= 0.3 is 6.09 Å². The van der Waals surface area contributed by atoms with Gasteiger partial charge < -0.3 is 14.5 Å². The molecule has 0 radical (unpaired) electrons. The maximum atomic E-state index is 13.9. The highest BCUT2D eigenvalue weighted by atomic mass is 35.5. The van der Waals surface area contributed by atoms with Crippen molar-refractivity contribution in [2.75, 3.05) is 32.8 Å².